The first kappa shape index (κ1) is 8.62. The molecule has 0 aliphatic heterocycles. The van der Waals surface area contributed by atoms with Crippen LogP contribution in [0.5, 0.6) is 17.6 Å². The molecular formula is C10H9NO3. The molecule has 0 aliphatic carbocycles. The summed E-state index contributed by atoms with van der Waals surface area (Å²) in [5, 5.41) is 0. The molecule has 0 saturated heterocycles. The number of ether oxygens (including phenoxy) is 2. The fraction of sp³-hybridized carbons (Fsp3) is 0.100. The summed E-state index contributed by atoms with van der Waals surface area (Å²) in [4.78, 5) is 3.84. The number of aromatic nitrogens is 1. The molecule has 0 radical (unpaired) electrons. The van der Waals surface area contributed by atoms with Gasteiger partial charge in [-0.15, -0.1) is 0 Å². The standard InChI is InChI=1S/C10H9NO3/c1-12-8-3-2-4-9(7-8)14-10-11-5-6-13-10/h2-7H,1H3. The Balaban J connectivity index is 2.17. The van der Waals surface area contributed by atoms with Crippen LogP contribution in [0.3, 0.4) is 0 Å². The van der Waals surface area contributed by atoms with Gasteiger partial charge in [0.1, 0.15) is 17.8 Å². The Kier molecular flexibility index (Phi) is 2.36. The van der Waals surface area contributed by atoms with Crippen LogP contribution in [0, 0.1) is 0 Å². The monoisotopic (exact) mass is 191 g/mol. The predicted molar refractivity (Wildman–Crippen MR) is 49.6 cm³/mol. The Hall–Kier alpha value is -1.97. The second kappa shape index (κ2) is 3.83. The summed E-state index contributed by atoms with van der Waals surface area (Å²) in [7, 11) is 1.60. The smallest absolute Gasteiger partial charge is 0.399 e. The summed E-state index contributed by atoms with van der Waals surface area (Å²) >= 11 is 0. The van der Waals surface area contributed by atoms with E-state index < -0.39 is 0 Å². The lowest BCUT2D eigenvalue weighted by Crippen LogP contribution is -1.86. The summed E-state index contributed by atoms with van der Waals surface area (Å²) in [6, 6.07) is 7.22. The first-order valence-corrected chi connectivity index (χ1v) is 4.10. The van der Waals surface area contributed by atoms with Gasteiger partial charge in [-0.3, -0.25) is 0 Å². The molecule has 0 unspecified atom stereocenters. The van der Waals surface area contributed by atoms with Gasteiger partial charge in [0.25, 0.3) is 0 Å². The molecule has 2 rings (SSSR count). The Morgan fingerprint density at radius 1 is 1.29 bits per heavy atom. The average molecular weight is 191 g/mol. The molecule has 1 heterocycles. The first-order chi connectivity index (χ1) is 6.88. The number of hydrogen-bond acceptors (Lipinski definition) is 4. The molecule has 2 aromatic rings. The average Bonchev–Trinajstić information content (AvgIpc) is 2.71. The highest BCUT2D eigenvalue weighted by Gasteiger charge is 2.01. The molecular weight excluding hydrogens is 182 g/mol. The SMILES string of the molecule is COc1cccc(Oc2ncco2)c1. The van der Waals surface area contributed by atoms with Gasteiger partial charge < -0.3 is 13.9 Å². The van der Waals surface area contributed by atoms with E-state index in [4.69, 9.17) is 13.9 Å². The van der Waals surface area contributed by atoms with Gasteiger partial charge in [-0.05, 0) is 12.1 Å². The maximum Gasteiger partial charge on any atom is 0.399 e. The minimum absolute atomic E-state index is 0.221. The van der Waals surface area contributed by atoms with Crippen LogP contribution in [-0.2, 0) is 0 Å². The molecule has 72 valence electrons. The van der Waals surface area contributed by atoms with Crippen LogP contribution in [0.25, 0.3) is 0 Å². The van der Waals surface area contributed by atoms with Crippen molar-refractivity contribution in [1.82, 2.24) is 4.98 Å². The third kappa shape index (κ3) is 1.85. The van der Waals surface area contributed by atoms with E-state index >= 15 is 0 Å². The van der Waals surface area contributed by atoms with Crippen LogP contribution in [-0.4, -0.2) is 12.1 Å². The zero-order chi connectivity index (χ0) is 9.80. The van der Waals surface area contributed by atoms with Crippen LogP contribution in [0.15, 0.2) is 41.1 Å². The van der Waals surface area contributed by atoms with Crippen LogP contribution >= 0.6 is 0 Å². The molecule has 0 amide bonds. The van der Waals surface area contributed by atoms with Gasteiger partial charge in [0.15, 0.2) is 0 Å². The van der Waals surface area contributed by atoms with Gasteiger partial charge in [0, 0.05) is 6.07 Å². The van der Waals surface area contributed by atoms with E-state index in [1.165, 1.54) is 12.5 Å². The largest absolute Gasteiger partial charge is 0.497 e. The molecule has 0 atom stereocenters. The van der Waals surface area contributed by atoms with Crippen molar-refractivity contribution >= 4 is 0 Å². The van der Waals surface area contributed by atoms with Crippen LogP contribution < -0.4 is 9.47 Å². The minimum atomic E-state index is 0.221. The van der Waals surface area contributed by atoms with Crippen molar-refractivity contribution in [2.45, 2.75) is 0 Å². The summed E-state index contributed by atoms with van der Waals surface area (Å²) in [5.74, 6) is 1.36. The fourth-order valence-electron chi connectivity index (χ4n) is 1.03. The molecule has 0 aliphatic rings. The Morgan fingerprint density at radius 2 is 2.14 bits per heavy atom. The van der Waals surface area contributed by atoms with E-state index in [2.05, 4.69) is 4.98 Å². The number of methoxy groups -OCH3 is 1. The van der Waals surface area contributed by atoms with Gasteiger partial charge in [-0.1, -0.05) is 6.07 Å². The van der Waals surface area contributed by atoms with Gasteiger partial charge in [0.2, 0.25) is 0 Å². The quantitative estimate of drug-likeness (QED) is 0.747. The van der Waals surface area contributed by atoms with E-state index in [1.807, 2.05) is 12.1 Å². The maximum absolute atomic E-state index is 5.30. The van der Waals surface area contributed by atoms with Gasteiger partial charge in [-0.2, -0.15) is 4.98 Å². The topological polar surface area (TPSA) is 44.5 Å². The minimum Gasteiger partial charge on any atom is -0.497 e. The van der Waals surface area contributed by atoms with Crippen LogP contribution in [0.2, 0.25) is 0 Å². The zero-order valence-electron chi connectivity index (χ0n) is 7.64. The van der Waals surface area contributed by atoms with Crippen molar-refractivity contribution in [1.29, 1.82) is 0 Å². The summed E-state index contributed by atoms with van der Waals surface area (Å²) in [6.07, 6.45) is 3.20. The Labute approximate surface area is 81.1 Å². The highest BCUT2D eigenvalue weighted by molar-refractivity contribution is 5.33. The lowest BCUT2D eigenvalue weighted by molar-refractivity contribution is 0.328. The van der Waals surface area contributed by atoms with Crippen molar-refractivity contribution in [3.63, 3.8) is 0 Å². The predicted octanol–water partition coefficient (Wildman–Crippen LogP) is 2.48. The summed E-state index contributed by atoms with van der Waals surface area (Å²) < 4.78 is 15.3. The molecule has 14 heavy (non-hydrogen) atoms. The molecule has 1 aromatic heterocycles. The molecule has 0 spiro atoms. The highest BCUT2D eigenvalue weighted by Crippen LogP contribution is 2.23. The second-order valence-corrected chi connectivity index (χ2v) is 2.58. The summed E-state index contributed by atoms with van der Waals surface area (Å²) in [6.45, 7) is 0. The first-order valence-electron chi connectivity index (χ1n) is 4.10. The number of rotatable bonds is 3. The Bertz CT molecular complexity index is 398. The lowest BCUT2D eigenvalue weighted by atomic mass is 10.3. The van der Waals surface area contributed by atoms with Crippen molar-refractivity contribution in [3.8, 4) is 17.6 Å². The lowest BCUT2D eigenvalue weighted by Gasteiger charge is -2.02. The van der Waals surface area contributed by atoms with Gasteiger partial charge in [-0.25, -0.2) is 0 Å². The van der Waals surface area contributed by atoms with E-state index in [1.54, 1.807) is 19.2 Å². The molecule has 0 fully saturated rings. The number of oxazole rings is 1. The molecule has 0 saturated carbocycles. The van der Waals surface area contributed by atoms with E-state index in [0.717, 1.165) is 5.75 Å². The molecule has 0 bridgehead atoms. The van der Waals surface area contributed by atoms with Crippen LogP contribution in [0.1, 0.15) is 0 Å². The molecule has 4 heteroatoms. The normalized spacial score (nSPS) is 9.79. The van der Waals surface area contributed by atoms with Crippen molar-refractivity contribution < 1.29 is 13.9 Å². The van der Waals surface area contributed by atoms with Crippen LogP contribution in [0.4, 0.5) is 0 Å². The third-order valence-electron chi connectivity index (χ3n) is 1.66. The van der Waals surface area contributed by atoms with E-state index in [0.29, 0.717) is 5.75 Å². The van der Waals surface area contributed by atoms with E-state index in [9.17, 15) is 0 Å². The summed E-state index contributed by atoms with van der Waals surface area (Å²) in [5.41, 5.74) is 0. The Morgan fingerprint density at radius 3 is 2.86 bits per heavy atom. The van der Waals surface area contributed by atoms with Gasteiger partial charge in [0.05, 0.1) is 13.3 Å². The van der Waals surface area contributed by atoms with Gasteiger partial charge >= 0.3 is 6.08 Å². The second-order valence-electron chi connectivity index (χ2n) is 2.58. The highest BCUT2D eigenvalue weighted by atomic mass is 16.6. The van der Waals surface area contributed by atoms with Crippen molar-refractivity contribution in [2.75, 3.05) is 7.11 Å². The van der Waals surface area contributed by atoms with Crippen molar-refractivity contribution in [2.24, 2.45) is 0 Å². The fourth-order valence-corrected chi connectivity index (χ4v) is 1.03. The van der Waals surface area contributed by atoms with E-state index in [-0.39, 0.29) is 6.08 Å². The number of hydrogen-bond donors (Lipinski definition) is 0. The number of nitrogens with zero attached hydrogens (tertiary/aromatic N) is 1. The number of benzene rings is 1. The zero-order valence-corrected chi connectivity index (χ0v) is 7.64. The third-order valence-corrected chi connectivity index (χ3v) is 1.66. The molecule has 0 N–H and O–H groups in total. The molecule has 1 aromatic carbocycles. The molecule has 4 nitrogen and oxygen atoms in total. The van der Waals surface area contributed by atoms with Crippen molar-refractivity contribution in [3.05, 3.63) is 36.7 Å². The maximum atomic E-state index is 5.30.